The zero-order valence-corrected chi connectivity index (χ0v) is 11.4. The fourth-order valence-corrected chi connectivity index (χ4v) is 1.93. The molecule has 1 aromatic carbocycles. The molecule has 0 spiro atoms. The van der Waals surface area contributed by atoms with Crippen molar-refractivity contribution in [1.82, 2.24) is 5.32 Å². The van der Waals surface area contributed by atoms with Crippen LogP contribution in [-0.4, -0.2) is 24.6 Å². The molecule has 2 rings (SSSR count). The van der Waals surface area contributed by atoms with Gasteiger partial charge in [-0.2, -0.15) is 13.2 Å². The van der Waals surface area contributed by atoms with Crippen molar-refractivity contribution in [3.63, 3.8) is 0 Å². The van der Waals surface area contributed by atoms with E-state index in [0.717, 1.165) is 19.2 Å². The molecule has 1 fully saturated rings. The van der Waals surface area contributed by atoms with Crippen molar-refractivity contribution < 1.29 is 31.9 Å². The summed E-state index contributed by atoms with van der Waals surface area (Å²) in [6, 6.07) is 0.871. The van der Waals surface area contributed by atoms with Crippen molar-refractivity contribution in [2.24, 2.45) is 0 Å². The van der Waals surface area contributed by atoms with Gasteiger partial charge in [-0.3, -0.25) is 0 Å². The number of anilines is 1. The summed E-state index contributed by atoms with van der Waals surface area (Å²) in [4.78, 5) is 23.2. The Labute approximate surface area is 122 Å². The number of esters is 1. The smallest absolute Gasteiger partial charge is 0.418 e. The van der Waals surface area contributed by atoms with Crippen molar-refractivity contribution >= 4 is 17.7 Å². The summed E-state index contributed by atoms with van der Waals surface area (Å²) in [6.07, 6.45) is -4.16. The number of ether oxygens (including phenoxy) is 1. The van der Waals surface area contributed by atoms with Crippen LogP contribution in [0.2, 0.25) is 0 Å². The maximum absolute atomic E-state index is 13.0. The van der Waals surface area contributed by atoms with Crippen LogP contribution >= 0.6 is 0 Å². The van der Waals surface area contributed by atoms with Gasteiger partial charge >= 0.3 is 18.2 Å². The molecular weight excluding hydrogens is 308 g/mol. The van der Waals surface area contributed by atoms with Crippen molar-refractivity contribution in [3.05, 3.63) is 29.6 Å². The van der Waals surface area contributed by atoms with E-state index in [0.29, 0.717) is 12.8 Å². The quantitative estimate of drug-likeness (QED) is 0.665. The minimum absolute atomic E-state index is 0.281. The number of carbonyl (C=O) groups is 2. The Morgan fingerprint density at radius 3 is 2.41 bits per heavy atom. The fourth-order valence-electron chi connectivity index (χ4n) is 1.93. The van der Waals surface area contributed by atoms with Crippen LogP contribution in [0.15, 0.2) is 18.2 Å². The molecule has 0 aromatic heterocycles. The molecule has 0 bridgehead atoms. The van der Waals surface area contributed by atoms with E-state index in [2.05, 4.69) is 10.1 Å². The summed E-state index contributed by atoms with van der Waals surface area (Å²) in [5.41, 5.74) is -3.12. The Morgan fingerprint density at radius 2 is 1.91 bits per heavy atom. The monoisotopic (exact) mass is 320 g/mol. The minimum atomic E-state index is -4.83. The topological polar surface area (TPSA) is 67.4 Å². The van der Waals surface area contributed by atoms with Gasteiger partial charge < -0.3 is 15.4 Å². The SMILES string of the molecule is COC(=O)C1(NC(=O)Nc2ccc(F)cc2C(F)(F)F)CC1. The average molecular weight is 320 g/mol. The molecule has 2 N–H and O–H groups in total. The van der Waals surface area contributed by atoms with E-state index in [1.54, 1.807) is 0 Å². The molecule has 0 radical (unpaired) electrons. The lowest BCUT2D eigenvalue weighted by Gasteiger charge is -2.17. The van der Waals surface area contributed by atoms with E-state index in [-0.39, 0.29) is 6.07 Å². The number of halogens is 4. The van der Waals surface area contributed by atoms with Crippen LogP contribution in [0.4, 0.5) is 28.0 Å². The van der Waals surface area contributed by atoms with E-state index < -0.39 is 40.8 Å². The lowest BCUT2D eigenvalue weighted by atomic mass is 10.1. The second-order valence-electron chi connectivity index (χ2n) is 4.84. The van der Waals surface area contributed by atoms with Gasteiger partial charge in [-0.25, -0.2) is 14.0 Å². The zero-order valence-electron chi connectivity index (χ0n) is 11.4. The van der Waals surface area contributed by atoms with Crippen molar-refractivity contribution in [3.8, 4) is 0 Å². The lowest BCUT2D eigenvalue weighted by molar-refractivity contribution is -0.144. The van der Waals surface area contributed by atoms with Crippen LogP contribution in [0.3, 0.4) is 0 Å². The summed E-state index contributed by atoms with van der Waals surface area (Å²) in [7, 11) is 1.14. The molecule has 5 nitrogen and oxygen atoms in total. The summed E-state index contributed by atoms with van der Waals surface area (Å²) < 4.78 is 55.9. The van der Waals surface area contributed by atoms with Gasteiger partial charge in [0.05, 0.1) is 18.4 Å². The highest BCUT2D eigenvalue weighted by atomic mass is 19.4. The summed E-state index contributed by atoms with van der Waals surface area (Å²) in [5, 5.41) is 4.25. The Hall–Kier alpha value is -2.32. The Kier molecular flexibility index (Phi) is 3.99. The first-order chi connectivity index (χ1) is 10.2. The van der Waals surface area contributed by atoms with Crippen LogP contribution in [0.5, 0.6) is 0 Å². The summed E-state index contributed by atoms with van der Waals surface area (Å²) in [5.74, 6) is -1.75. The van der Waals surface area contributed by atoms with Gasteiger partial charge in [-0.15, -0.1) is 0 Å². The molecule has 1 aliphatic carbocycles. The Morgan fingerprint density at radius 1 is 1.27 bits per heavy atom. The molecule has 1 saturated carbocycles. The molecule has 0 saturated heterocycles. The minimum Gasteiger partial charge on any atom is -0.467 e. The van der Waals surface area contributed by atoms with Gasteiger partial charge in [0, 0.05) is 0 Å². The number of hydrogen-bond acceptors (Lipinski definition) is 3. The molecule has 1 aromatic rings. The van der Waals surface area contributed by atoms with Gasteiger partial charge in [0.1, 0.15) is 11.4 Å². The number of rotatable bonds is 3. The second-order valence-corrected chi connectivity index (χ2v) is 4.84. The standard InChI is InChI=1S/C13H12F4N2O3/c1-22-10(20)12(4-5-12)19-11(21)18-9-3-2-7(14)6-8(9)13(15,16)17/h2-3,6H,4-5H2,1H3,(H2,18,19,21). The number of benzene rings is 1. The third kappa shape index (κ3) is 3.29. The fraction of sp³-hybridized carbons (Fsp3) is 0.385. The maximum atomic E-state index is 13.0. The number of amides is 2. The second kappa shape index (κ2) is 5.47. The van der Waals surface area contributed by atoms with E-state index in [4.69, 9.17) is 0 Å². The van der Waals surface area contributed by atoms with Gasteiger partial charge in [-0.1, -0.05) is 0 Å². The van der Waals surface area contributed by atoms with Crippen LogP contribution < -0.4 is 10.6 Å². The largest absolute Gasteiger partial charge is 0.467 e. The van der Waals surface area contributed by atoms with Crippen LogP contribution in [0, 0.1) is 5.82 Å². The Bertz CT molecular complexity index is 612. The van der Waals surface area contributed by atoms with Crippen LogP contribution in [0.1, 0.15) is 18.4 Å². The lowest BCUT2D eigenvalue weighted by Crippen LogP contribution is -2.45. The molecule has 2 amide bonds. The molecule has 9 heteroatoms. The number of urea groups is 1. The predicted octanol–water partition coefficient (Wildman–Crippen LogP) is 2.67. The maximum Gasteiger partial charge on any atom is 0.418 e. The van der Waals surface area contributed by atoms with E-state index in [1.807, 2.05) is 5.32 Å². The molecule has 120 valence electrons. The highest BCUT2D eigenvalue weighted by Gasteiger charge is 2.52. The highest BCUT2D eigenvalue weighted by molar-refractivity contribution is 5.96. The molecule has 0 atom stereocenters. The zero-order chi connectivity index (χ0) is 16.5. The first-order valence-electron chi connectivity index (χ1n) is 6.22. The molecule has 1 aliphatic rings. The third-order valence-electron chi connectivity index (χ3n) is 3.21. The van der Waals surface area contributed by atoms with E-state index >= 15 is 0 Å². The molecule has 0 unspecified atom stereocenters. The van der Waals surface area contributed by atoms with Crippen molar-refractivity contribution in [2.75, 3.05) is 12.4 Å². The van der Waals surface area contributed by atoms with Gasteiger partial charge in [0.2, 0.25) is 0 Å². The summed E-state index contributed by atoms with van der Waals surface area (Å²) in [6.45, 7) is 0. The number of methoxy groups -OCH3 is 1. The Balaban J connectivity index is 2.14. The van der Waals surface area contributed by atoms with Gasteiger partial charge in [0.25, 0.3) is 0 Å². The third-order valence-corrected chi connectivity index (χ3v) is 3.21. The predicted molar refractivity (Wildman–Crippen MR) is 67.5 cm³/mol. The first kappa shape index (κ1) is 16.1. The van der Waals surface area contributed by atoms with Gasteiger partial charge in [-0.05, 0) is 31.0 Å². The summed E-state index contributed by atoms with van der Waals surface area (Å²) >= 11 is 0. The number of alkyl halides is 3. The van der Waals surface area contributed by atoms with Crippen molar-refractivity contribution in [2.45, 2.75) is 24.6 Å². The van der Waals surface area contributed by atoms with E-state index in [9.17, 15) is 27.2 Å². The highest BCUT2D eigenvalue weighted by Crippen LogP contribution is 2.37. The molecule has 22 heavy (non-hydrogen) atoms. The first-order valence-corrected chi connectivity index (χ1v) is 6.22. The van der Waals surface area contributed by atoms with Crippen LogP contribution in [0.25, 0.3) is 0 Å². The molecule has 0 heterocycles. The molecule has 0 aliphatic heterocycles. The van der Waals surface area contributed by atoms with E-state index in [1.165, 1.54) is 0 Å². The average Bonchev–Trinajstić information content (AvgIpc) is 3.19. The van der Waals surface area contributed by atoms with Crippen molar-refractivity contribution in [1.29, 1.82) is 0 Å². The normalized spacial score (nSPS) is 15.9. The van der Waals surface area contributed by atoms with Gasteiger partial charge in [0.15, 0.2) is 0 Å². The number of carbonyl (C=O) groups excluding carboxylic acids is 2. The number of hydrogen-bond donors (Lipinski definition) is 2. The van der Waals surface area contributed by atoms with Crippen LogP contribution in [-0.2, 0) is 15.7 Å². The molecular formula is C13H12F4N2O3. The number of nitrogens with one attached hydrogen (secondary N) is 2.